The lowest BCUT2D eigenvalue weighted by atomic mass is 10.1. The van der Waals surface area contributed by atoms with Crippen molar-refractivity contribution in [2.45, 2.75) is 13.1 Å². The van der Waals surface area contributed by atoms with Crippen LogP contribution in [0.1, 0.15) is 11.1 Å². The Kier molecular flexibility index (Phi) is 5.68. The van der Waals surface area contributed by atoms with Gasteiger partial charge in [-0.3, -0.25) is 0 Å². The zero-order chi connectivity index (χ0) is 17.6. The first-order chi connectivity index (χ1) is 11.4. The zero-order valence-corrected chi connectivity index (χ0v) is 13.0. The van der Waals surface area contributed by atoms with E-state index < -0.39 is 17.8 Å². The summed E-state index contributed by atoms with van der Waals surface area (Å²) in [5, 5.41) is 4.65. The smallest absolute Gasteiger partial charge is 0.418 e. The van der Waals surface area contributed by atoms with Crippen molar-refractivity contribution in [3.05, 3.63) is 59.7 Å². The molecule has 4 nitrogen and oxygen atoms in total. The van der Waals surface area contributed by atoms with E-state index in [2.05, 4.69) is 10.6 Å². The first-order valence-electron chi connectivity index (χ1n) is 7.27. The third kappa shape index (κ3) is 5.19. The predicted molar refractivity (Wildman–Crippen MR) is 85.1 cm³/mol. The van der Waals surface area contributed by atoms with Crippen LogP contribution < -0.4 is 15.4 Å². The molecular weight excluding hydrogens is 321 g/mol. The van der Waals surface area contributed by atoms with Gasteiger partial charge < -0.3 is 15.4 Å². The minimum absolute atomic E-state index is 0.161. The lowest BCUT2D eigenvalue weighted by Gasteiger charge is -2.14. The summed E-state index contributed by atoms with van der Waals surface area (Å²) in [6.45, 7) is 2.29. The number of halogens is 3. The lowest BCUT2D eigenvalue weighted by Crippen LogP contribution is -2.32. The van der Waals surface area contributed by atoms with Gasteiger partial charge >= 0.3 is 12.2 Å². The van der Waals surface area contributed by atoms with Gasteiger partial charge in [-0.1, -0.05) is 24.3 Å². The average molecular weight is 338 g/mol. The lowest BCUT2D eigenvalue weighted by molar-refractivity contribution is -0.136. The van der Waals surface area contributed by atoms with E-state index in [0.29, 0.717) is 5.75 Å². The van der Waals surface area contributed by atoms with Gasteiger partial charge in [0.25, 0.3) is 0 Å². The van der Waals surface area contributed by atoms with Crippen molar-refractivity contribution >= 4 is 11.7 Å². The molecule has 0 aliphatic heterocycles. The monoisotopic (exact) mass is 338 g/mol. The van der Waals surface area contributed by atoms with Gasteiger partial charge in [-0.2, -0.15) is 13.2 Å². The van der Waals surface area contributed by atoms with Gasteiger partial charge in [-0.25, -0.2) is 4.79 Å². The van der Waals surface area contributed by atoms with E-state index in [-0.39, 0.29) is 18.8 Å². The first-order valence-corrected chi connectivity index (χ1v) is 7.27. The largest absolute Gasteiger partial charge is 0.492 e. The molecule has 128 valence electrons. The van der Waals surface area contributed by atoms with Crippen molar-refractivity contribution in [1.82, 2.24) is 5.32 Å². The Labute approximate surface area is 137 Å². The molecule has 2 aromatic carbocycles. The summed E-state index contributed by atoms with van der Waals surface area (Å²) >= 11 is 0. The second-order valence-electron chi connectivity index (χ2n) is 5.09. The van der Waals surface area contributed by atoms with E-state index >= 15 is 0 Å². The van der Waals surface area contributed by atoms with Crippen LogP contribution in [0.5, 0.6) is 5.75 Å². The standard InChI is InChI=1S/C17H17F3N2O2/c1-12-5-4-6-13(11-12)24-10-9-21-16(23)22-15-8-3-2-7-14(15)17(18,19)20/h2-8,11H,9-10H2,1H3,(H2,21,22,23). The van der Waals surface area contributed by atoms with Crippen molar-refractivity contribution in [2.75, 3.05) is 18.5 Å². The number of amides is 2. The number of benzene rings is 2. The minimum Gasteiger partial charge on any atom is -0.492 e. The van der Waals surface area contributed by atoms with Crippen molar-refractivity contribution in [1.29, 1.82) is 0 Å². The quantitative estimate of drug-likeness (QED) is 0.802. The highest BCUT2D eigenvalue weighted by Gasteiger charge is 2.33. The molecule has 0 aromatic heterocycles. The molecule has 24 heavy (non-hydrogen) atoms. The number of urea groups is 1. The number of anilines is 1. The Morgan fingerprint density at radius 1 is 1.12 bits per heavy atom. The number of rotatable bonds is 5. The van der Waals surface area contributed by atoms with Gasteiger partial charge in [-0.05, 0) is 36.8 Å². The van der Waals surface area contributed by atoms with Crippen LogP contribution in [0.4, 0.5) is 23.7 Å². The summed E-state index contributed by atoms with van der Waals surface area (Å²) in [5.41, 5.74) is -0.139. The Morgan fingerprint density at radius 2 is 1.88 bits per heavy atom. The molecule has 2 aromatic rings. The maximum absolute atomic E-state index is 12.8. The molecule has 0 aliphatic carbocycles. The number of para-hydroxylation sites is 1. The number of carbonyl (C=O) groups is 1. The van der Waals surface area contributed by atoms with Crippen LogP contribution in [-0.2, 0) is 6.18 Å². The van der Waals surface area contributed by atoms with Crippen LogP contribution in [0, 0.1) is 6.92 Å². The van der Waals surface area contributed by atoms with Crippen LogP contribution in [-0.4, -0.2) is 19.2 Å². The maximum atomic E-state index is 12.8. The van der Waals surface area contributed by atoms with Crippen molar-refractivity contribution in [3.63, 3.8) is 0 Å². The second kappa shape index (κ2) is 7.72. The molecular formula is C17H17F3N2O2. The molecule has 2 N–H and O–H groups in total. The molecule has 0 spiro atoms. The van der Waals surface area contributed by atoms with Gasteiger partial charge in [0.15, 0.2) is 0 Å². The number of hydrogen-bond donors (Lipinski definition) is 2. The van der Waals surface area contributed by atoms with E-state index in [1.165, 1.54) is 18.2 Å². The van der Waals surface area contributed by atoms with Gasteiger partial charge in [-0.15, -0.1) is 0 Å². The predicted octanol–water partition coefficient (Wildman–Crippen LogP) is 4.21. The Morgan fingerprint density at radius 3 is 2.58 bits per heavy atom. The summed E-state index contributed by atoms with van der Waals surface area (Å²) in [5.74, 6) is 0.666. The second-order valence-corrected chi connectivity index (χ2v) is 5.09. The summed E-state index contributed by atoms with van der Waals surface area (Å²) < 4.78 is 43.9. The van der Waals surface area contributed by atoms with Gasteiger partial charge in [0.1, 0.15) is 12.4 Å². The average Bonchev–Trinajstić information content (AvgIpc) is 2.51. The number of hydrogen-bond acceptors (Lipinski definition) is 2. The molecule has 0 saturated heterocycles. The molecule has 0 radical (unpaired) electrons. The number of carbonyl (C=O) groups excluding carboxylic acids is 1. The maximum Gasteiger partial charge on any atom is 0.418 e. The molecule has 0 aliphatic rings. The van der Waals surface area contributed by atoms with Gasteiger partial charge in [0.2, 0.25) is 0 Å². The van der Waals surface area contributed by atoms with Crippen molar-refractivity contribution in [3.8, 4) is 5.75 Å². The molecule has 0 bridgehead atoms. The van der Waals surface area contributed by atoms with Crippen LogP contribution in [0.3, 0.4) is 0 Å². The van der Waals surface area contributed by atoms with E-state index in [1.54, 1.807) is 6.07 Å². The molecule has 0 saturated carbocycles. The molecule has 0 atom stereocenters. The van der Waals surface area contributed by atoms with E-state index in [1.807, 2.05) is 25.1 Å². The van der Waals surface area contributed by atoms with Gasteiger partial charge in [0, 0.05) is 0 Å². The summed E-state index contributed by atoms with van der Waals surface area (Å²) in [6, 6.07) is 11.5. The fourth-order valence-electron chi connectivity index (χ4n) is 2.04. The summed E-state index contributed by atoms with van der Waals surface area (Å²) in [4.78, 5) is 11.7. The minimum atomic E-state index is -4.53. The number of ether oxygens (including phenoxy) is 1. The van der Waals surface area contributed by atoms with Crippen LogP contribution >= 0.6 is 0 Å². The Hall–Kier alpha value is -2.70. The zero-order valence-electron chi connectivity index (χ0n) is 13.0. The normalized spacial score (nSPS) is 11.0. The topological polar surface area (TPSA) is 50.4 Å². The van der Waals surface area contributed by atoms with E-state index in [9.17, 15) is 18.0 Å². The third-order valence-corrected chi connectivity index (χ3v) is 3.13. The van der Waals surface area contributed by atoms with Crippen molar-refractivity contribution in [2.24, 2.45) is 0 Å². The first kappa shape index (κ1) is 17.7. The van der Waals surface area contributed by atoms with E-state index in [0.717, 1.165) is 11.6 Å². The van der Waals surface area contributed by atoms with Gasteiger partial charge in [0.05, 0.1) is 17.8 Å². The fraction of sp³-hybridized carbons (Fsp3) is 0.235. The fourth-order valence-corrected chi connectivity index (χ4v) is 2.04. The highest BCUT2D eigenvalue weighted by molar-refractivity contribution is 5.90. The number of nitrogens with one attached hydrogen (secondary N) is 2. The molecule has 0 heterocycles. The molecule has 0 fully saturated rings. The number of alkyl halides is 3. The highest BCUT2D eigenvalue weighted by Crippen LogP contribution is 2.34. The highest BCUT2D eigenvalue weighted by atomic mass is 19.4. The van der Waals surface area contributed by atoms with Crippen LogP contribution in [0.15, 0.2) is 48.5 Å². The Balaban J connectivity index is 1.82. The summed E-state index contributed by atoms with van der Waals surface area (Å²) in [6.07, 6.45) is -4.53. The molecule has 7 heteroatoms. The molecule has 2 amide bonds. The summed E-state index contributed by atoms with van der Waals surface area (Å²) in [7, 11) is 0. The van der Waals surface area contributed by atoms with Crippen LogP contribution in [0.2, 0.25) is 0 Å². The SMILES string of the molecule is Cc1cccc(OCCNC(=O)Nc2ccccc2C(F)(F)F)c1. The molecule has 0 unspecified atom stereocenters. The molecule has 2 rings (SSSR count). The number of aryl methyl sites for hydroxylation is 1. The Bertz CT molecular complexity index is 702. The van der Waals surface area contributed by atoms with E-state index in [4.69, 9.17) is 4.74 Å². The van der Waals surface area contributed by atoms with Crippen molar-refractivity contribution < 1.29 is 22.7 Å². The third-order valence-electron chi connectivity index (χ3n) is 3.13. The van der Waals surface area contributed by atoms with Crippen LogP contribution in [0.25, 0.3) is 0 Å².